The first kappa shape index (κ1) is 20.2. The third kappa shape index (κ3) is 3.49. The molecule has 5 rings (SSSR count). The number of hydrogen-bond donors (Lipinski definition) is 1. The van der Waals surface area contributed by atoms with Gasteiger partial charge in [0.2, 0.25) is 5.82 Å². The Bertz CT molecular complexity index is 1290. The molecule has 0 spiro atoms. The Morgan fingerprint density at radius 3 is 2.34 bits per heavy atom. The molecule has 3 heterocycles. The van der Waals surface area contributed by atoms with Crippen LogP contribution < -0.4 is 10.2 Å². The number of aromatic nitrogens is 3. The van der Waals surface area contributed by atoms with Crippen molar-refractivity contribution in [3.8, 4) is 5.69 Å². The predicted octanol–water partition coefficient (Wildman–Crippen LogP) is 5.03. The highest BCUT2D eigenvalue weighted by Crippen LogP contribution is 2.35. The molecule has 4 aromatic rings. The average Bonchev–Trinajstić information content (AvgIpc) is 3.43. The number of anilines is 2. The van der Waals surface area contributed by atoms with E-state index in [0.29, 0.717) is 11.3 Å². The Hall–Kier alpha value is -3.74. The van der Waals surface area contributed by atoms with Crippen molar-refractivity contribution in [3.63, 3.8) is 0 Å². The summed E-state index contributed by atoms with van der Waals surface area (Å²) in [6, 6.07) is 15.7. The third-order valence-electron chi connectivity index (χ3n) is 6.06. The Labute approximate surface area is 185 Å². The zero-order chi connectivity index (χ0) is 22.2. The second-order valence-corrected chi connectivity index (χ2v) is 8.11. The summed E-state index contributed by atoms with van der Waals surface area (Å²) in [4.78, 5) is 24.8. The summed E-state index contributed by atoms with van der Waals surface area (Å²) in [5, 5.41) is 3.77. The van der Waals surface area contributed by atoms with Crippen LogP contribution in [0.3, 0.4) is 0 Å². The van der Waals surface area contributed by atoms with Gasteiger partial charge in [0, 0.05) is 30.2 Å². The van der Waals surface area contributed by atoms with Crippen LogP contribution in [-0.4, -0.2) is 33.5 Å². The first-order valence-electron chi connectivity index (χ1n) is 10.8. The number of carbonyl (C=O) groups is 1. The number of nitrogens with zero attached hydrogens (tertiary/aromatic N) is 4. The molecular formula is C25H24FN5O. The lowest BCUT2D eigenvalue weighted by molar-refractivity contribution is 0.101. The minimum Gasteiger partial charge on any atom is -0.356 e. The van der Waals surface area contributed by atoms with Crippen molar-refractivity contribution in [1.82, 2.24) is 14.5 Å². The summed E-state index contributed by atoms with van der Waals surface area (Å²) in [7, 11) is 0. The zero-order valence-corrected chi connectivity index (χ0v) is 18.1. The van der Waals surface area contributed by atoms with Gasteiger partial charge in [0.15, 0.2) is 5.65 Å². The number of para-hydroxylation sites is 1. The van der Waals surface area contributed by atoms with Gasteiger partial charge in [0.05, 0.1) is 5.39 Å². The van der Waals surface area contributed by atoms with Crippen molar-refractivity contribution >= 4 is 28.4 Å². The predicted molar refractivity (Wildman–Crippen MR) is 124 cm³/mol. The molecule has 162 valence electrons. The van der Waals surface area contributed by atoms with Gasteiger partial charge in [-0.1, -0.05) is 18.2 Å². The van der Waals surface area contributed by atoms with Gasteiger partial charge in [0.25, 0.3) is 5.91 Å². The molecule has 1 amide bonds. The maximum atomic E-state index is 13.2. The molecule has 7 heteroatoms. The maximum Gasteiger partial charge on any atom is 0.293 e. The summed E-state index contributed by atoms with van der Waals surface area (Å²) in [6.07, 6.45) is 2.19. The van der Waals surface area contributed by atoms with Crippen LogP contribution in [0.25, 0.3) is 16.7 Å². The monoisotopic (exact) mass is 429 g/mol. The van der Waals surface area contributed by atoms with Crippen LogP contribution in [0.1, 0.15) is 34.7 Å². The van der Waals surface area contributed by atoms with Gasteiger partial charge in [-0.15, -0.1) is 0 Å². The van der Waals surface area contributed by atoms with Crippen LogP contribution in [0.5, 0.6) is 0 Å². The largest absolute Gasteiger partial charge is 0.356 e. The molecule has 0 saturated carbocycles. The second-order valence-electron chi connectivity index (χ2n) is 8.11. The van der Waals surface area contributed by atoms with Gasteiger partial charge < -0.3 is 10.2 Å². The van der Waals surface area contributed by atoms with Crippen molar-refractivity contribution in [3.05, 3.63) is 77.5 Å². The molecule has 1 fully saturated rings. The van der Waals surface area contributed by atoms with Gasteiger partial charge in [-0.3, -0.25) is 9.36 Å². The Morgan fingerprint density at radius 1 is 0.969 bits per heavy atom. The Morgan fingerprint density at radius 2 is 1.66 bits per heavy atom. The summed E-state index contributed by atoms with van der Waals surface area (Å²) >= 11 is 0. The Balaban J connectivity index is 1.68. The molecule has 2 aromatic carbocycles. The molecule has 0 bridgehead atoms. The zero-order valence-electron chi connectivity index (χ0n) is 18.1. The number of halogens is 1. The van der Waals surface area contributed by atoms with Gasteiger partial charge >= 0.3 is 0 Å². The number of fused-ring (bicyclic) bond motifs is 1. The van der Waals surface area contributed by atoms with Crippen LogP contribution in [0.4, 0.5) is 15.9 Å². The summed E-state index contributed by atoms with van der Waals surface area (Å²) in [5.41, 5.74) is 4.37. The molecule has 1 saturated heterocycles. The van der Waals surface area contributed by atoms with Crippen LogP contribution >= 0.6 is 0 Å². The van der Waals surface area contributed by atoms with E-state index in [2.05, 4.69) is 28.6 Å². The molecule has 1 aliphatic rings. The van der Waals surface area contributed by atoms with Gasteiger partial charge in [-0.25, -0.2) is 14.4 Å². The van der Waals surface area contributed by atoms with E-state index in [1.54, 1.807) is 0 Å². The highest BCUT2D eigenvalue weighted by molar-refractivity contribution is 6.04. The molecule has 1 N–H and O–H groups in total. The van der Waals surface area contributed by atoms with E-state index >= 15 is 0 Å². The van der Waals surface area contributed by atoms with Crippen molar-refractivity contribution in [1.29, 1.82) is 0 Å². The van der Waals surface area contributed by atoms with E-state index in [4.69, 9.17) is 9.97 Å². The fourth-order valence-electron chi connectivity index (χ4n) is 4.31. The molecule has 0 unspecified atom stereocenters. The SMILES string of the molecule is Cc1c(C)n(-c2ccccc2)c2nc(C(=O)Nc3ccc(F)cc3)nc(N3CCCC3)c12. The van der Waals surface area contributed by atoms with Crippen LogP contribution in [0.15, 0.2) is 54.6 Å². The quantitative estimate of drug-likeness (QED) is 0.494. The van der Waals surface area contributed by atoms with Crippen molar-refractivity contribution in [2.75, 3.05) is 23.3 Å². The van der Waals surface area contributed by atoms with Crippen LogP contribution in [0.2, 0.25) is 0 Å². The van der Waals surface area contributed by atoms with Gasteiger partial charge in [-0.05, 0) is 68.7 Å². The average molecular weight is 429 g/mol. The molecule has 0 aliphatic carbocycles. The lowest BCUT2D eigenvalue weighted by atomic mass is 10.2. The van der Waals surface area contributed by atoms with E-state index < -0.39 is 5.91 Å². The molecule has 2 aromatic heterocycles. The third-order valence-corrected chi connectivity index (χ3v) is 6.06. The summed E-state index contributed by atoms with van der Waals surface area (Å²) < 4.78 is 15.3. The first-order valence-corrected chi connectivity index (χ1v) is 10.8. The number of hydrogen-bond acceptors (Lipinski definition) is 4. The lowest BCUT2D eigenvalue weighted by Crippen LogP contribution is -2.23. The number of benzene rings is 2. The molecule has 32 heavy (non-hydrogen) atoms. The van der Waals surface area contributed by atoms with Crippen LogP contribution in [-0.2, 0) is 0 Å². The maximum absolute atomic E-state index is 13.2. The van der Waals surface area contributed by atoms with Gasteiger partial charge in [0.1, 0.15) is 11.6 Å². The lowest BCUT2D eigenvalue weighted by Gasteiger charge is -2.19. The molecule has 0 atom stereocenters. The van der Waals surface area contributed by atoms with E-state index in [-0.39, 0.29) is 11.6 Å². The highest BCUT2D eigenvalue weighted by Gasteiger charge is 2.26. The number of rotatable bonds is 4. The van der Waals surface area contributed by atoms with Crippen molar-refractivity contribution in [2.24, 2.45) is 0 Å². The molecule has 6 nitrogen and oxygen atoms in total. The second kappa shape index (κ2) is 8.07. The number of nitrogens with one attached hydrogen (secondary N) is 1. The standard InChI is InChI=1S/C25H24FN5O/c1-16-17(2)31(20-8-4-3-5-9-20)24-21(16)23(30-14-6-7-15-30)28-22(29-24)25(32)27-19-12-10-18(26)11-13-19/h3-5,8-13H,6-7,14-15H2,1-2H3,(H,27,32). The summed E-state index contributed by atoms with van der Waals surface area (Å²) in [5.74, 6) is 0.115. The number of amides is 1. The topological polar surface area (TPSA) is 63.1 Å². The first-order chi connectivity index (χ1) is 15.5. The Kier molecular flexibility index (Phi) is 5.09. The van der Waals surface area contributed by atoms with E-state index in [1.165, 1.54) is 24.3 Å². The minimum atomic E-state index is -0.421. The molecule has 1 aliphatic heterocycles. The number of carbonyl (C=O) groups excluding carboxylic acids is 1. The van der Waals surface area contributed by atoms with Crippen molar-refractivity contribution in [2.45, 2.75) is 26.7 Å². The fourth-order valence-corrected chi connectivity index (χ4v) is 4.31. The van der Waals surface area contributed by atoms with Crippen molar-refractivity contribution < 1.29 is 9.18 Å². The summed E-state index contributed by atoms with van der Waals surface area (Å²) in [6.45, 7) is 5.95. The minimum absolute atomic E-state index is 0.0957. The fraction of sp³-hybridized carbons (Fsp3) is 0.240. The number of aryl methyl sites for hydroxylation is 1. The molecule has 0 radical (unpaired) electrons. The smallest absolute Gasteiger partial charge is 0.293 e. The highest BCUT2D eigenvalue weighted by atomic mass is 19.1. The van der Waals surface area contributed by atoms with E-state index in [1.807, 2.05) is 30.3 Å². The van der Waals surface area contributed by atoms with E-state index in [0.717, 1.165) is 54.1 Å². The molecular weight excluding hydrogens is 405 g/mol. The normalized spacial score (nSPS) is 13.7. The van der Waals surface area contributed by atoms with E-state index in [9.17, 15) is 9.18 Å². The van der Waals surface area contributed by atoms with Crippen LogP contribution in [0, 0.1) is 19.7 Å². The van der Waals surface area contributed by atoms with Gasteiger partial charge in [-0.2, -0.15) is 0 Å².